The molecule has 2 N–H and O–H groups in total. The molecule has 0 bridgehead atoms. The highest BCUT2D eigenvalue weighted by atomic mass is 19.4. The minimum absolute atomic E-state index is 0.0254. The minimum Gasteiger partial charge on any atom is -0.336 e. The smallest absolute Gasteiger partial charge is 0.336 e. The van der Waals surface area contributed by atoms with E-state index in [2.05, 4.69) is 5.32 Å². The molecule has 0 radical (unpaired) electrons. The Labute approximate surface area is 157 Å². The van der Waals surface area contributed by atoms with Crippen molar-refractivity contribution in [3.63, 3.8) is 0 Å². The monoisotopic (exact) mass is 400 g/mol. The van der Waals surface area contributed by atoms with Gasteiger partial charge in [0, 0.05) is 18.8 Å². The van der Waals surface area contributed by atoms with Gasteiger partial charge in [-0.2, -0.15) is 18.4 Å². The van der Waals surface area contributed by atoms with Gasteiger partial charge in [-0.15, -0.1) is 0 Å². The van der Waals surface area contributed by atoms with Gasteiger partial charge in [-0.25, -0.2) is 4.39 Å². The Morgan fingerprint density at radius 3 is 2.61 bits per heavy atom. The molecule has 2 atom stereocenters. The molecule has 1 saturated heterocycles. The van der Waals surface area contributed by atoms with Crippen molar-refractivity contribution in [1.82, 2.24) is 10.2 Å². The van der Waals surface area contributed by atoms with E-state index in [9.17, 15) is 31.9 Å². The zero-order valence-corrected chi connectivity index (χ0v) is 14.6. The number of carbonyl (C=O) groups excluding carboxylic acids is 3. The van der Waals surface area contributed by atoms with E-state index >= 15 is 0 Å². The van der Waals surface area contributed by atoms with E-state index < -0.39 is 41.7 Å². The van der Waals surface area contributed by atoms with Gasteiger partial charge in [-0.1, -0.05) is 0 Å². The largest absolute Gasteiger partial charge is 0.408 e. The first-order chi connectivity index (χ1) is 13.0. The first kappa shape index (κ1) is 21.1. The van der Waals surface area contributed by atoms with Crippen molar-refractivity contribution in [2.24, 2.45) is 5.92 Å². The Kier molecular flexibility index (Phi) is 6.23. The van der Waals surface area contributed by atoms with Gasteiger partial charge in [-0.05, 0) is 31.5 Å². The number of halogens is 4. The van der Waals surface area contributed by atoms with Crippen LogP contribution in [-0.4, -0.2) is 47.9 Å². The van der Waals surface area contributed by atoms with Gasteiger partial charge >= 0.3 is 18.0 Å². The van der Waals surface area contributed by atoms with Crippen LogP contribution in [0.1, 0.15) is 18.9 Å². The van der Waals surface area contributed by atoms with Crippen molar-refractivity contribution in [2.75, 3.05) is 18.4 Å². The standard InChI is InChI=1S/C17H16F4N4O3/c1-9(17(19,20)21)23-15(27)16(28)25-5-4-10(8-25)14(26)24-12-2-3-13(18)11(6-12)7-22/h2-3,6,9-10H,4-5,8H2,1H3,(H,23,27)(H,24,26)/t9-,10+/m1/s1. The Morgan fingerprint density at radius 1 is 1.32 bits per heavy atom. The first-order valence-electron chi connectivity index (χ1n) is 8.20. The highest BCUT2D eigenvalue weighted by molar-refractivity contribution is 6.35. The minimum atomic E-state index is -4.68. The van der Waals surface area contributed by atoms with Crippen LogP contribution in [0.25, 0.3) is 0 Å². The fourth-order valence-corrected chi connectivity index (χ4v) is 2.58. The van der Waals surface area contributed by atoms with Gasteiger partial charge in [0.15, 0.2) is 0 Å². The van der Waals surface area contributed by atoms with Crippen LogP contribution in [-0.2, 0) is 14.4 Å². The predicted octanol–water partition coefficient (Wildman–Crippen LogP) is 1.55. The molecule has 1 aromatic rings. The molecular formula is C17H16F4N4O3. The molecule has 1 heterocycles. The lowest BCUT2D eigenvalue weighted by atomic mass is 10.1. The van der Waals surface area contributed by atoms with E-state index in [0.29, 0.717) is 6.92 Å². The van der Waals surface area contributed by atoms with Gasteiger partial charge < -0.3 is 15.5 Å². The van der Waals surface area contributed by atoms with Crippen LogP contribution >= 0.6 is 0 Å². The first-order valence-corrected chi connectivity index (χ1v) is 8.20. The van der Waals surface area contributed by atoms with Crippen LogP contribution in [0.4, 0.5) is 23.2 Å². The third-order valence-electron chi connectivity index (χ3n) is 4.23. The van der Waals surface area contributed by atoms with Crippen LogP contribution in [0.2, 0.25) is 0 Å². The summed E-state index contributed by atoms with van der Waals surface area (Å²) in [6.07, 6.45) is -4.48. The van der Waals surface area contributed by atoms with E-state index in [4.69, 9.17) is 5.26 Å². The van der Waals surface area contributed by atoms with Crippen LogP contribution in [0.3, 0.4) is 0 Å². The molecule has 0 aliphatic carbocycles. The Morgan fingerprint density at radius 2 is 2.00 bits per heavy atom. The number of alkyl halides is 3. The lowest BCUT2D eigenvalue weighted by molar-refractivity contribution is -0.162. The van der Waals surface area contributed by atoms with Crippen LogP contribution in [0.5, 0.6) is 0 Å². The van der Waals surface area contributed by atoms with E-state index in [1.807, 2.05) is 0 Å². The zero-order valence-electron chi connectivity index (χ0n) is 14.6. The van der Waals surface area contributed by atoms with Crippen molar-refractivity contribution < 1.29 is 31.9 Å². The molecular weight excluding hydrogens is 384 g/mol. The summed E-state index contributed by atoms with van der Waals surface area (Å²) in [4.78, 5) is 36.9. The topological polar surface area (TPSA) is 102 Å². The molecule has 3 amide bonds. The molecule has 150 valence electrons. The van der Waals surface area contributed by atoms with E-state index in [0.717, 1.165) is 17.0 Å². The average Bonchev–Trinajstić information content (AvgIpc) is 3.11. The lowest BCUT2D eigenvalue weighted by Gasteiger charge is -2.20. The molecule has 1 fully saturated rings. The van der Waals surface area contributed by atoms with E-state index in [1.165, 1.54) is 6.07 Å². The normalized spacial score (nSPS) is 17.6. The summed E-state index contributed by atoms with van der Waals surface area (Å²) in [5.41, 5.74) is -0.0686. The molecule has 7 nitrogen and oxygen atoms in total. The number of hydrogen-bond acceptors (Lipinski definition) is 4. The Bertz CT molecular complexity index is 835. The molecule has 1 aliphatic heterocycles. The summed E-state index contributed by atoms with van der Waals surface area (Å²) in [6.45, 7) is 0.589. The summed E-state index contributed by atoms with van der Waals surface area (Å²) in [5, 5.41) is 12.9. The summed E-state index contributed by atoms with van der Waals surface area (Å²) in [6, 6.07) is 2.88. The molecule has 28 heavy (non-hydrogen) atoms. The van der Waals surface area contributed by atoms with Gasteiger partial charge in [0.1, 0.15) is 17.9 Å². The summed E-state index contributed by atoms with van der Waals surface area (Å²) >= 11 is 0. The Balaban J connectivity index is 1.94. The van der Waals surface area contributed by atoms with E-state index in [1.54, 1.807) is 11.4 Å². The highest BCUT2D eigenvalue weighted by Crippen LogP contribution is 2.22. The number of rotatable bonds is 3. The molecule has 11 heteroatoms. The predicted molar refractivity (Wildman–Crippen MR) is 88.1 cm³/mol. The summed E-state index contributed by atoms with van der Waals surface area (Å²) < 4.78 is 50.7. The molecule has 0 aromatic heterocycles. The molecule has 1 aliphatic rings. The number of likely N-dealkylation sites (tertiary alicyclic amines) is 1. The van der Waals surface area contributed by atoms with Crippen molar-refractivity contribution in [2.45, 2.75) is 25.6 Å². The van der Waals surface area contributed by atoms with Gasteiger partial charge in [0.2, 0.25) is 5.91 Å². The number of nitrogens with zero attached hydrogens (tertiary/aromatic N) is 2. The van der Waals surface area contributed by atoms with Crippen LogP contribution < -0.4 is 10.6 Å². The average molecular weight is 400 g/mol. The van der Waals surface area contributed by atoms with Crippen LogP contribution in [0, 0.1) is 23.1 Å². The third kappa shape index (κ3) is 4.97. The van der Waals surface area contributed by atoms with Gasteiger partial charge in [0.05, 0.1) is 11.5 Å². The quantitative estimate of drug-likeness (QED) is 0.594. The van der Waals surface area contributed by atoms with Crippen LogP contribution in [0.15, 0.2) is 18.2 Å². The molecule has 1 aromatic carbocycles. The lowest BCUT2D eigenvalue weighted by Crippen LogP contribution is -2.49. The Hall–Kier alpha value is -3.16. The number of amides is 3. The maximum absolute atomic E-state index is 13.3. The number of nitrogens with one attached hydrogen (secondary N) is 2. The number of anilines is 1. The van der Waals surface area contributed by atoms with E-state index in [-0.39, 0.29) is 30.8 Å². The maximum atomic E-state index is 13.3. The molecule has 0 saturated carbocycles. The number of carbonyl (C=O) groups is 3. The summed E-state index contributed by atoms with van der Waals surface area (Å²) in [5.74, 6) is -4.51. The van der Waals surface area contributed by atoms with Crippen molar-refractivity contribution >= 4 is 23.4 Å². The second kappa shape index (κ2) is 8.24. The maximum Gasteiger partial charge on any atom is 0.408 e. The van der Waals surface area contributed by atoms with Crippen molar-refractivity contribution in [1.29, 1.82) is 5.26 Å². The third-order valence-corrected chi connectivity index (χ3v) is 4.23. The second-order valence-corrected chi connectivity index (χ2v) is 6.27. The fraction of sp³-hybridized carbons (Fsp3) is 0.412. The number of hydrogen-bond donors (Lipinski definition) is 2. The summed E-state index contributed by atoms with van der Waals surface area (Å²) in [7, 11) is 0. The number of benzene rings is 1. The number of nitriles is 1. The van der Waals surface area contributed by atoms with Crippen molar-refractivity contribution in [3.8, 4) is 6.07 Å². The molecule has 0 unspecified atom stereocenters. The second-order valence-electron chi connectivity index (χ2n) is 6.27. The SMILES string of the molecule is C[C@@H](NC(=O)C(=O)N1CC[C@H](C(=O)Nc2ccc(F)c(C#N)c2)C1)C(F)(F)F. The van der Waals surface area contributed by atoms with Gasteiger partial charge in [-0.3, -0.25) is 14.4 Å². The zero-order chi connectivity index (χ0) is 21.1. The van der Waals surface area contributed by atoms with Gasteiger partial charge in [0.25, 0.3) is 0 Å². The fourth-order valence-electron chi connectivity index (χ4n) is 2.58. The molecule has 2 rings (SSSR count). The highest BCUT2D eigenvalue weighted by Gasteiger charge is 2.40. The molecule has 0 spiro atoms. The van der Waals surface area contributed by atoms with Crippen molar-refractivity contribution in [3.05, 3.63) is 29.6 Å².